The molecule has 2 aromatic carbocycles. The van der Waals surface area contributed by atoms with Gasteiger partial charge in [0.05, 0.1) is 5.69 Å². The summed E-state index contributed by atoms with van der Waals surface area (Å²) in [4.78, 5) is 29.8. The van der Waals surface area contributed by atoms with Crippen LogP contribution in [0.15, 0.2) is 65.5 Å². The summed E-state index contributed by atoms with van der Waals surface area (Å²) >= 11 is 0. The van der Waals surface area contributed by atoms with Crippen LogP contribution in [-0.2, 0) is 37.0 Å². The molecule has 0 aliphatic heterocycles. The molecule has 228 valence electrons. The van der Waals surface area contributed by atoms with E-state index in [1.165, 1.54) is 10.8 Å². The van der Waals surface area contributed by atoms with Gasteiger partial charge in [-0.25, -0.2) is 0 Å². The first-order chi connectivity index (χ1) is 20.6. The third kappa shape index (κ3) is 9.03. The van der Waals surface area contributed by atoms with E-state index in [0.717, 1.165) is 72.3 Å². The molecule has 0 unspecified atom stereocenters. The Morgan fingerprint density at radius 1 is 0.860 bits per heavy atom. The molecule has 0 aliphatic carbocycles. The minimum atomic E-state index is -0.356. The van der Waals surface area contributed by atoms with Crippen molar-refractivity contribution in [2.75, 3.05) is 6.54 Å². The standard InChI is InChI=1S/C37H47N3O3/c1-25(2)19-31-24-35(42)37(43)40(18-16-28-14-15-29-11-8-9-12-30(29)21-28)36(31)32-22-33(39-34(23-32)20-26(3)4)13-7-6-10-17-38-27(5)41/h8-9,11-12,14-15,21-26,42H,6-7,10,13,16-20H2,1-5H3,(H,38,41). The van der Waals surface area contributed by atoms with E-state index < -0.39 is 0 Å². The lowest BCUT2D eigenvalue weighted by molar-refractivity contribution is -0.118. The largest absolute Gasteiger partial charge is 0.503 e. The quantitative estimate of drug-likeness (QED) is 0.154. The monoisotopic (exact) mass is 581 g/mol. The molecular weight excluding hydrogens is 534 g/mol. The number of rotatable bonds is 14. The molecule has 2 heterocycles. The summed E-state index contributed by atoms with van der Waals surface area (Å²) in [6.45, 7) is 11.4. The second-order valence-electron chi connectivity index (χ2n) is 12.6. The van der Waals surface area contributed by atoms with Gasteiger partial charge in [0.1, 0.15) is 0 Å². The van der Waals surface area contributed by atoms with Crippen LogP contribution in [0.25, 0.3) is 22.0 Å². The summed E-state index contributed by atoms with van der Waals surface area (Å²) in [5, 5.41) is 16.0. The highest BCUT2D eigenvalue weighted by Gasteiger charge is 2.19. The van der Waals surface area contributed by atoms with Crippen molar-refractivity contribution in [2.24, 2.45) is 11.8 Å². The SMILES string of the molecule is CC(=O)NCCCCCc1cc(-c2c(CC(C)C)cc(O)c(=O)n2CCc2ccc3ccccc3c2)cc(CC(C)C)n1. The third-order valence-electron chi connectivity index (χ3n) is 7.72. The molecule has 0 fully saturated rings. The van der Waals surface area contributed by atoms with Crippen LogP contribution in [0.5, 0.6) is 5.75 Å². The molecule has 0 saturated carbocycles. The number of carbonyl (C=O) groups is 1. The number of fused-ring (bicyclic) bond motifs is 1. The van der Waals surface area contributed by atoms with Gasteiger partial charge in [0.2, 0.25) is 5.91 Å². The Kier molecular flexibility index (Phi) is 11.2. The maximum Gasteiger partial charge on any atom is 0.293 e. The normalized spacial score (nSPS) is 11.5. The van der Waals surface area contributed by atoms with Crippen molar-refractivity contribution in [3.8, 4) is 17.0 Å². The fourth-order valence-corrected chi connectivity index (χ4v) is 5.80. The molecule has 0 spiro atoms. The summed E-state index contributed by atoms with van der Waals surface area (Å²) in [6.07, 6.45) is 6.01. The van der Waals surface area contributed by atoms with Crippen LogP contribution < -0.4 is 10.9 Å². The van der Waals surface area contributed by atoms with Crippen LogP contribution in [0.2, 0.25) is 0 Å². The Morgan fingerprint density at radius 2 is 1.58 bits per heavy atom. The molecule has 2 aromatic heterocycles. The highest BCUT2D eigenvalue weighted by molar-refractivity contribution is 5.83. The number of aromatic hydroxyl groups is 1. The molecule has 6 heteroatoms. The van der Waals surface area contributed by atoms with Gasteiger partial charge < -0.3 is 15.0 Å². The van der Waals surface area contributed by atoms with Gasteiger partial charge >= 0.3 is 0 Å². The number of unbranched alkanes of at least 4 members (excludes halogenated alkanes) is 2. The van der Waals surface area contributed by atoms with E-state index in [9.17, 15) is 14.7 Å². The van der Waals surface area contributed by atoms with Gasteiger partial charge in [0, 0.05) is 37.0 Å². The Bertz CT molecular complexity index is 1600. The predicted octanol–water partition coefficient (Wildman–Crippen LogP) is 7.26. The Hall–Kier alpha value is -3.93. The van der Waals surface area contributed by atoms with Gasteiger partial charge in [-0.15, -0.1) is 0 Å². The van der Waals surface area contributed by atoms with Crippen LogP contribution in [0, 0.1) is 11.8 Å². The van der Waals surface area contributed by atoms with Crippen LogP contribution in [-0.4, -0.2) is 27.1 Å². The molecule has 0 radical (unpaired) electrons. The second kappa shape index (κ2) is 15.0. The number of pyridine rings is 2. The molecular formula is C37H47N3O3. The first kappa shape index (κ1) is 32.0. The fourth-order valence-electron chi connectivity index (χ4n) is 5.80. The summed E-state index contributed by atoms with van der Waals surface area (Å²) in [6, 6.07) is 20.7. The van der Waals surface area contributed by atoms with Gasteiger partial charge in [-0.2, -0.15) is 0 Å². The van der Waals surface area contributed by atoms with Crippen LogP contribution in [0.4, 0.5) is 0 Å². The lowest BCUT2D eigenvalue weighted by Crippen LogP contribution is -2.24. The first-order valence-electron chi connectivity index (χ1n) is 15.8. The molecule has 43 heavy (non-hydrogen) atoms. The average Bonchev–Trinajstić information content (AvgIpc) is 2.94. The van der Waals surface area contributed by atoms with E-state index in [2.05, 4.69) is 75.5 Å². The molecule has 0 saturated heterocycles. The molecule has 0 aliphatic rings. The molecule has 4 aromatic rings. The van der Waals surface area contributed by atoms with Crippen molar-refractivity contribution < 1.29 is 9.90 Å². The van der Waals surface area contributed by atoms with Crippen molar-refractivity contribution in [3.63, 3.8) is 0 Å². The Labute approximate surface area is 256 Å². The Morgan fingerprint density at radius 3 is 2.30 bits per heavy atom. The lowest BCUT2D eigenvalue weighted by atomic mass is 9.95. The minimum Gasteiger partial charge on any atom is -0.503 e. The van der Waals surface area contributed by atoms with Crippen molar-refractivity contribution in [3.05, 3.63) is 93.5 Å². The highest BCUT2D eigenvalue weighted by atomic mass is 16.3. The Balaban J connectivity index is 1.72. The zero-order chi connectivity index (χ0) is 30.9. The van der Waals surface area contributed by atoms with Gasteiger partial charge in [0.25, 0.3) is 5.56 Å². The highest BCUT2D eigenvalue weighted by Crippen LogP contribution is 2.30. The zero-order valence-corrected chi connectivity index (χ0v) is 26.5. The van der Waals surface area contributed by atoms with Gasteiger partial charge in [-0.1, -0.05) is 76.6 Å². The number of nitrogens with zero attached hydrogens (tertiary/aromatic N) is 2. The molecule has 2 N–H and O–H groups in total. The van der Waals surface area contributed by atoms with E-state index >= 15 is 0 Å². The molecule has 0 atom stereocenters. The number of aromatic nitrogens is 2. The number of nitrogens with one attached hydrogen (secondary N) is 1. The van der Waals surface area contributed by atoms with E-state index in [4.69, 9.17) is 4.98 Å². The molecule has 4 rings (SSSR count). The maximum atomic E-state index is 13.6. The topological polar surface area (TPSA) is 84.2 Å². The number of hydrogen-bond acceptors (Lipinski definition) is 4. The summed E-state index contributed by atoms with van der Waals surface area (Å²) in [7, 11) is 0. The van der Waals surface area contributed by atoms with Crippen LogP contribution in [0.1, 0.15) is 76.4 Å². The second-order valence-corrected chi connectivity index (χ2v) is 12.6. The smallest absolute Gasteiger partial charge is 0.293 e. The van der Waals surface area contributed by atoms with Gasteiger partial charge in [-0.3, -0.25) is 14.6 Å². The summed E-state index contributed by atoms with van der Waals surface area (Å²) < 4.78 is 1.79. The predicted molar refractivity (Wildman–Crippen MR) is 177 cm³/mol. The number of hydrogen-bond donors (Lipinski definition) is 2. The lowest BCUT2D eigenvalue weighted by Gasteiger charge is -2.21. The number of benzene rings is 2. The molecule has 6 nitrogen and oxygen atoms in total. The van der Waals surface area contributed by atoms with Crippen molar-refractivity contribution >= 4 is 16.7 Å². The number of aryl methyl sites for hydroxylation is 2. The van der Waals surface area contributed by atoms with Crippen molar-refractivity contribution in [2.45, 2.75) is 86.1 Å². The van der Waals surface area contributed by atoms with E-state index in [0.29, 0.717) is 31.3 Å². The first-order valence-corrected chi connectivity index (χ1v) is 15.8. The third-order valence-corrected chi connectivity index (χ3v) is 7.72. The van der Waals surface area contributed by atoms with Crippen LogP contribution in [0.3, 0.4) is 0 Å². The minimum absolute atomic E-state index is 0.00505. The zero-order valence-electron chi connectivity index (χ0n) is 26.5. The maximum absolute atomic E-state index is 13.6. The van der Waals surface area contributed by atoms with Gasteiger partial charge in [-0.05, 0) is 90.5 Å². The van der Waals surface area contributed by atoms with E-state index in [1.807, 2.05) is 12.1 Å². The number of amides is 1. The number of carbonyl (C=O) groups excluding carboxylic acids is 1. The average molecular weight is 582 g/mol. The molecule has 1 amide bonds. The van der Waals surface area contributed by atoms with E-state index in [1.54, 1.807) is 17.6 Å². The van der Waals surface area contributed by atoms with Gasteiger partial charge in [0.15, 0.2) is 5.75 Å². The molecule has 0 bridgehead atoms. The van der Waals surface area contributed by atoms with Crippen molar-refractivity contribution in [1.29, 1.82) is 0 Å². The fraction of sp³-hybridized carbons (Fsp3) is 0.432. The summed E-state index contributed by atoms with van der Waals surface area (Å²) in [5.41, 5.74) is 5.70. The van der Waals surface area contributed by atoms with Crippen LogP contribution >= 0.6 is 0 Å². The van der Waals surface area contributed by atoms with E-state index in [-0.39, 0.29) is 17.2 Å². The summed E-state index contributed by atoms with van der Waals surface area (Å²) in [5.74, 6) is 0.599. The van der Waals surface area contributed by atoms with Crippen molar-refractivity contribution in [1.82, 2.24) is 14.9 Å².